The summed E-state index contributed by atoms with van der Waals surface area (Å²) in [7, 11) is 0. The zero-order chi connectivity index (χ0) is 16.2. The summed E-state index contributed by atoms with van der Waals surface area (Å²) in [6.07, 6.45) is 0.0344. The lowest BCUT2D eigenvalue weighted by Gasteiger charge is -2.28. The van der Waals surface area contributed by atoms with Crippen molar-refractivity contribution < 1.29 is 4.74 Å². The molecule has 0 radical (unpaired) electrons. The Balaban J connectivity index is 3.24. The number of nitrogens with two attached hydrogens (primary N) is 1. The van der Waals surface area contributed by atoms with Gasteiger partial charge in [0.15, 0.2) is 5.75 Å². The average Bonchev–Trinajstić information content (AvgIpc) is 2.64. The van der Waals surface area contributed by atoms with Gasteiger partial charge in [-0.3, -0.25) is 0 Å². The van der Waals surface area contributed by atoms with E-state index in [-0.39, 0.29) is 6.10 Å². The van der Waals surface area contributed by atoms with Crippen LogP contribution in [0, 0.1) is 23.2 Å². The fourth-order valence-electron chi connectivity index (χ4n) is 2.18. The zero-order valence-corrected chi connectivity index (χ0v) is 14.8. The molecule has 0 fully saturated rings. The molecule has 0 amide bonds. The van der Waals surface area contributed by atoms with Crippen LogP contribution in [0.25, 0.3) is 0 Å². The van der Waals surface area contributed by atoms with E-state index in [4.69, 9.17) is 10.5 Å². The van der Waals surface area contributed by atoms with E-state index >= 15 is 0 Å². The summed E-state index contributed by atoms with van der Waals surface area (Å²) in [4.78, 5) is 2.84. The number of ether oxygens (including phenoxy) is 1. The number of nitrogen functional groups attached to an aromatic ring is 1. The Morgan fingerprint density at radius 1 is 1.14 bits per heavy atom. The van der Waals surface area contributed by atoms with E-state index in [2.05, 4.69) is 38.7 Å². The van der Waals surface area contributed by atoms with Gasteiger partial charge in [0.2, 0.25) is 0 Å². The molecular formula is C16H27N3OS. The molecular weight excluding hydrogens is 282 g/mol. The van der Waals surface area contributed by atoms with Crippen molar-refractivity contribution in [3.8, 4) is 11.8 Å². The first-order valence-electron chi connectivity index (χ1n) is 7.50. The maximum atomic E-state index is 9.24. The molecule has 0 aliphatic heterocycles. The molecule has 0 aliphatic carbocycles. The number of hydrogen-bond acceptors (Lipinski definition) is 5. The quantitative estimate of drug-likeness (QED) is 0.823. The Morgan fingerprint density at radius 2 is 1.67 bits per heavy atom. The molecule has 118 valence electrons. The van der Waals surface area contributed by atoms with Gasteiger partial charge in [0.1, 0.15) is 21.6 Å². The number of nitriles is 1. The minimum atomic E-state index is 0.0344. The van der Waals surface area contributed by atoms with E-state index < -0.39 is 0 Å². The number of thiophene rings is 1. The molecule has 0 spiro atoms. The van der Waals surface area contributed by atoms with Crippen molar-refractivity contribution >= 4 is 22.0 Å². The average molecular weight is 309 g/mol. The van der Waals surface area contributed by atoms with Crippen molar-refractivity contribution in [2.45, 2.75) is 47.6 Å². The molecule has 0 aliphatic rings. The van der Waals surface area contributed by atoms with E-state index in [1.54, 1.807) is 0 Å². The Kier molecular flexibility index (Phi) is 6.35. The summed E-state index contributed by atoms with van der Waals surface area (Å²) in [5, 5.41) is 10.2. The first kappa shape index (κ1) is 17.6. The molecule has 0 unspecified atom stereocenters. The zero-order valence-electron chi connectivity index (χ0n) is 13.9. The van der Waals surface area contributed by atoms with Crippen molar-refractivity contribution in [2.24, 2.45) is 11.8 Å². The molecule has 0 saturated heterocycles. The van der Waals surface area contributed by atoms with Crippen LogP contribution < -0.4 is 15.4 Å². The standard InChI is InChI=1S/C16H27N3OS/c1-10(2)8-19(9-11(3)4)16-15(20-12(5)6)14(18)13(7-17)21-16/h10-12H,8-9,18H2,1-6H3. The highest BCUT2D eigenvalue weighted by molar-refractivity contribution is 7.17. The summed E-state index contributed by atoms with van der Waals surface area (Å²) in [5.74, 6) is 1.74. The predicted octanol–water partition coefficient (Wildman–Crippen LogP) is 4.11. The van der Waals surface area contributed by atoms with Crippen LogP contribution in [0.2, 0.25) is 0 Å². The smallest absolute Gasteiger partial charge is 0.178 e. The van der Waals surface area contributed by atoms with Crippen LogP contribution in [0.4, 0.5) is 10.7 Å². The molecule has 1 aromatic rings. The van der Waals surface area contributed by atoms with Crippen molar-refractivity contribution in [2.75, 3.05) is 23.7 Å². The maximum absolute atomic E-state index is 9.24. The molecule has 2 N–H and O–H groups in total. The largest absolute Gasteiger partial charge is 0.486 e. The van der Waals surface area contributed by atoms with Crippen molar-refractivity contribution in [1.29, 1.82) is 5.26 Å². The minimum absolute atomic E-state index is 0.0344. The lowest BCUT2D eigenvalue weighted by molar-refractivity contribution is 0.245. The summed E-state index contributed by atoms with van der Waals surface area (Å²) in [6, 6.07) is 2.18. The van der Waals surface area contributed by atoms with Crippen LogP contribution in [0.15, 0.2) is 0 Å². The third-order valence-corrected chi connectivity index (χ3v) is 3.95. The van der Waals surface area contributed by atoms with Gasteiger partial charge in [-0.2, -0.15) is 5.26 Å². The van der Waals surface area contributed by atoms with Gasteiger partial charge in [0, 0.05) is 13.1 Å². The van der Waals surface area contributed by atoms with Crippen molar-refractivity contribution in [3.05, 3.63) is 4.88 Å². The second-order valence-corrected chi connectivity index (χ2v) is 7.45. The SMILES string of the molecule is CC(C)CN(CC(C)C)c1sc(C#N)c(N)c1OC(C)C. The number of rotatable bonds is 7. The Labute approximate surface area is 132 Å². The molecule has 21 heavy (non-hydrogen) atoms. The summed E-state index contributed by atoms with van der Waals surface area (Å²) >= 11 is 1.43. The summed E-state index contributed by atoms with van der Waals surface area (Å²) in [6.45, 7) is 14.6. The summed E-state index contributed by atoms with van der Waals surface area (Å²) in [5.41, 5.74) is 6.57. The first-order valence-corrected chi connectivity index (χ1v) is 8.31. The Morgan fingerprint density at radius 3 is 2.05 bits per heavy atom. The van der Waals surface area contributed by atoms with Crippen LogP contribution in [-0.4, -0.2) is 19.2 Å². The van der Waals surface area contributed by atoms with Gasteiger partial charge >= 0.3 is 0 Å². The number of anilines is 2. The van der Waals surface area contributed by atoms with E-state index in [0.29, 0.717) is 28.1 Å². The molecule has 4 nitrogen and oxygen atoms in total. The van der Waals surface area contributed by atoms with E-state index in [1.165, 1.54) is 11.3 Å². The third-order valence-electron chi connectivity index (χ3n) is 2.80. The topological polar surface area (TPSA) is 62.3 Å². The highest BCUT2D eigenvalue weighted by Crippen LogP contribution is 2.45. The minimum Gasteiger partial charge on any atom is -0.486 e. The molecule has 1 heterocycles. The van der Waals surface area contributed by atoms with Gasteiger partial charge in [0.05, 0.1) is 6.10 Å². The highest BCUT2D eigenvalue weighted by atomic mass is 32.1. The van der Waals surface area contributed by atoms with Crippen LogP contribution in [-0.2, 0) is 0 Å². The third kappa shape index (κ3) is 4.82. The van der Waals surface area contributed by atoms with Crippen LogP contribution in [0.1, 0.15) is 46.4 Å². The van der Waals surface area contributed by atoms with Gasteiger partial charge in [-0.1, -0.05) is 27.7 Å². The van der Waals surface area contributed by atoms with Crippen LogP contribution in [0.3, 0.4) is 0 Å². The van der Waals surface area contributed by atoms with Gasteiger partial charge in [-0.25, -0.2) is 0 Å². The molecule has 0 atom stereocenters. The maximum Gasteiger partial charge on any atom is 0.178 e. The highest BCUT2D eigenvalue weighted by Gasteiger charge is 2.24. The van der Waals surface area contributed by atoms with Gasteiger partial charge < -0.3 is 15.4 Å². The molecule has 0 saturated carbocycles. The fourth-order valence-corrected chi connectivity index (χ4v) is 3.15. The van der Waals surface area contributed by atoms with Crippen molar-refractivity contribution in [3.63, 3.8) is 0 Å². The van der Waals surface area contributed by atoms with Gasteiger partial charge in [-0.15, -0.1) is 11.3 Å². The second kappa shape index (κ2) is 7.56. The summed E-state index contributed by atoms with van der Waals surface area (Å²) < 4.78 is 5.90. The molecule has 1 rings (SSSR count). The fraction of sp³-hybridized carbons (Fsp3) is 0.688. The normalized spacial score (nSPS) is 11.2. The van der Waals surface area contributed by atoms with E-state index in [0.717, 1.165) is 18.1 Å². The predicted molar refractivity (Wildman–Crippen MR) is 91.1 cm³/mol. The van der Waals surface area contributed by atoms with Crippen molar-refractivity contribution in [1.82, 2.24) is 0 Å². The van der Waals surface area contributed by atoms with Gasteiger partial charge in [-0.05, 0) is 25.7 Å². The Hall–Kier alpha value is -1.41. The lowest BCUT2D eigenvalue weighted by atomic mass is 10.1. The number of hydrogen-bond donors (Lipinski definition) is 1. The monoisotopic (exact) mass is 309 g/mol. The second-order valence-electron chi connectivity index (χ2n) is 6.45. The van der Waals surface area contributed by atoms with Crippen LogP contribution >= 0.6 is 11.3 Å². The molecule has 0 aromatic carbocycles. The van der Waals surface area contributed by atoms with E-state index in [1.807, 2.05) is 13.8 Å². The molecule has 0 bridgehead atoms. The lowest BCUT2D eigenvalue weighted by Crippen LogP contribution is -2.31. The Bertz CT molecular complexity index is 490. The van der Waals surface area contributed by atoms with Gasteiger partial charge in [0.25, 0.3) is 0 Å². The first-order chi connectivity index (χ1) is 9.76. The van der Waals surface area contributed by atoms with E-state index in [9.17, 15) is 5.26 Å². The van der Waals surface area contributed by atoms with Crippen LogP contribution in [0.5, 0.6) is 5.75 Å². The molecule has 1 aromatic heterocycles. The number of nitrogens with zero attached hydrogens (tertiary/aromatic N) is 2. The molecule has 5 heteroatoms.